The summed E-state index contributed by atoms with van der Waals surface area (Å²) in [5.41, 5.74) is 8.94. The molecule has 5 aromatic rings. The fourth-order valence-corrected chi connectivity index (χ4v) is 4.39. The van der Waals surface area contributed by atoms with Gasteiger partial charge in [-0.15, -0.1) is 0 Å². The number of halogens is 3. The average molecular weight is 463 g/mol. The van der Waals surface area contributed by atoms with Crippen LogP contribution in [0, 0.1) is 6.92 Å². The topological polar surface area (TPSA) is 78.7 Å². The molecule has 0 unspecified atom stereocenters. The number of nitrogens with two attached hydrogens (primary N) is 1. The second-order valence-corrected chi connectivity index (χ2v) is 8.18. The largest absolute Gasteiger partial charge is 0.416 e. The number of benzene rings is 2. The van der Waals surface area contributed by atoms with Crippen LogP contribution in [0.2, 0.25) is 0 Å². The van der Waals surface area contributed by atoms with Crippen LogP contribution in [0.15, 0.2) is 60.9 Å². The second-order valence-electron chi connectivity index (χ2n) is 8.18. The van der Waals surface area contributed by atoms with E-state index in [0.717, 1.165) is 29.0 Å². The zero-order chi connectivity index (χ0) is 24.2. The first kappa shape index (κ1) is 21.7. The molecule has 0 saturated heterocycles. The zero-order valence-corrected chi connectivity index (χ0v) is 18.4. The lowest BCUT2D eigenvalue weighted by Crippen LogP contribution is -2.18. The maximum absolute atomic E-state index is 13.6. The summed E-state index contributed by atoms with van der Waals surface area (Å²) in [7, 11) is 1.88. The number of carbonyl (C=O) groups excluding carboxylic acids is 1. The Morgan fingerprint density at radius 1 is 1.03 bits per heavy atom. The molecule has 2 aromatic carbocycles. The summed E-state index contributed by atoms with van der Waals surface area (Å²) < 4.78 is 44.4. The molecule has 0 saturated carbocycles. The van der Waals surface area contributed by atoms with E-state index in [1.807, 2.05) is 24.6 Å². The lowest BCUT2D eigenvalue weighted by atomic mass is 9.99. The minimum absolute atomic E-state index is 0.137. The van der Waals surface area contributed by atoms with Gasteiger partial charge in [-0.05, 0) is 60.5 Å². The standard InChI is InChI=1S/C25H20F3N5O/c1-14-31-19-11-16(3-5-21(19)32(14)2)22-18-12-17(25(26,27)28)4-6-20(18)33(23(22)24(29)34)13-15-7-9-30-10-8-15/h3-12H,13H2,1-2H3,(H2,29,34). The van der Waals surface area contributed by atoms with Crippen LogP contribution < -0.4 is 5.73 Å². The van der Waals surface area contributed by atoms with E-state index in [-0.39, 0.29) is 12.2 Å². The van der Waals surface area contributed by atoms with E-state index in [1.165, 1.54) is 6.07 Å². The molecule has 0 radical (unpaired) electrons. The van der Waals surface area contributed by atoms with Crippen LogP contribution in [-0.2, 0) is 19.8 Å². The number of imidazole rings is 1. The summed E-state index contributed by atoms with van der Waals surface area (Å²) in [5, 5.41) is 0.296. The van der Waals surface area contributed by atoms with E-state index in [4.69, 9.17) is 5.73 Å². The van der Waals surface area contributed by atoms with Gasteiger partial charge in [0.05, 0.1) is 16.6 Å². The van der Waals surface area contributed by atoms with E-state index < -0.39 is 17.6 Å². The van der Waals surface area contributed by atoms with Crippen molar-refractivity contribution >= 4 is 27.8 Å². The first-order valence-corrected chi connectivity index (χ1v) is 10.5. The number of alkyl halides is 3. The van der Waals surface area contributed by atoms with E-state index >= 15 is 0 Å². The predicted molar refractivity (Wildman–Crippen MR) is 123 cm³/mol. The summed E-state index contributed by atoms with van der Waals surface area (Å²) in [4.78, 5) is 21.3. The zero-order valence-electron chi connectivity index (χ0n) is 18.4. The van der Waals surface area contributed by atoms with Gasteiger partial charge in [0.25, 0.3) is 5.91 Å². The van der Waals surface area contributed by atoms with Crippen LogP contribution in [0.4, 0.5) is 13.2 Å². The Hall–Kier alpha value is -4.14. The monoisotopic (exact) mass is 463 g/mol. The molecule has 3 heterocycles. The van der Waals surface area contributed by atoms with Gasteiger partial charge in [-0.25, -0.2) is 4.98 Å². The highest BCUT2D eigenvalue weighted by molar-refractivity contribution is 6.10. The molecule has 0 aliphatic heterocycles. The maximum atomic E-state index is 13.6. The van der Waals surface area contributed by atoms with Crippen LogP contribution >= 0.6 is 0 Å². The number of hydrogen-bond acceptors (Lipinski definition) is 3. The number of hydrogen-bond donors (Lipinski definition) is 1. The summed E-state index contributed by atoms with van der Waals surface area (Å²) in [6.07, 6.45) is -1.30. The van der Waals surface area contributed by atoms with Gasteiger partial charge in [0.2, 0.25) is 0 Å². The number of carbonyl (C=O) groups is 1. The SMILES string of the molecule is Cc1nc2cc(-c3c(C(N)=O)n(Cc4ccncc4)c4ccc(C(F)(F)F)cc34)ccc2n1C. The van der Waals surface area contributed by atoms with E-state index in [0.29, 0.717) is 27.5 Å². The molecule has 0 bridgehead atoms. The number of nitrogens with zero attached hydrogens (tertiary/aromatic N) is 4. The lowest BCUT2D eigenvalue weighted by molar-refractivity contribution is -0.137. The number of fused-ring (bicyclic) bond motifs is 2. The highest BCUT2D eigenvalue weighted by atomic mass is 19.4. The molecule has 0 aliphatic rings. The van der Waals surface area contributed by atoms with Gasteiger partial charge in [-0.2, -0.15) is 13.2 Å². The minimum atomic E-state index is -4.53. The lowest BCUT2D eigenvalue weighted by Gasteiger charge is -2.10. The normalized spacial score (nSPS) is 12.0. The number of primary amides is 1. The van der Waals surface area contributed by atoms with Crippen LogP contribution in [0.25, 0.3) is 33.1 Å². The highest BCUT2D eigenvalue weighted by Crippen LogP contribution is 2.40. The van der Waals surface area contributed by atoms with Crippen molar-refractivity contribution in [2.45, 2.75) is 19.6 Å². The van der Waals surface area contributed by atoms with E-state index in [1.54, 1.807) is 41.2 Å². The number of aromatic nitrogens is 4. The quantitative estimate of drug-likeness (QED) is 0.405. The van der Waals surface area contributed by atoms with Crippen LogP contribution in [0.3, 0.4) is 0 Å². The predicted octanol–water partition coefficient (Wildman–Crippen LogP) is 5.06. The maximum Gasteiger partial charge on any atom is 0.416 e. The number of amides is 1. The summed E-state index contributed by atoms with van der Waals surface area (Å²) >= 11 is 0. The highest BCUT2D eigenvalue weighted by Gasteiger charge is 2.32. The Balaban J connectivity index is 1.84. The molecule has 1 amide bonds. The number of pyridine rings is 1. The third kappa shape index (κ3) is 3.49. The molecular weight excluding hydrogens is 443 g/mol. The molecule has 0 spiro atoms. The van der Waals surface area contributed by atoms with Crippen molar-refractivity contribution < 1.29 is 18.0 Å². The first-order chi connectivity index (χ1) is 16.1. The summed E-state index contributed by atoms with van der Waals surface area (Å²) in [6.45, 7) is 2.11. The van der Waals surface area contributed by atoms with E-state index in [9.17, 15) is 18.0 Å². The smallest absolute Gasteiger partial charge is 0.364 e. The second kappa shape index (κ2) is 7.72. The van der Waals surface area contributed by atoms with Gasteiger partial charge in [0, 0.05) is 42.5 Å². The Bertz CT molecular complexity index is 1570. The fourth-order valence-electron chi connectivity index (χ4n) is 4.39. The van der Waals surface area contributed by atoms with Crippen molar-refractivity contribution in [2.75, 3.05) is 0 Å². The fraction of sp³-hybridized carbons (Fsp3) is 0.160. The van der Waals surface area contributed by atoms with Crippen molar-refractivity contribution in [2.24, 2.45) is 12.8 Å². The molecule has 6 nitrogen and oxygen atoms in total. The van der Waals surface area contributed by atoms with Crippen LogP contribution in [0.5, 0.6) is 0 Å². The van der Waals surface area contributed by atoms with Gasteiger partial charge in [0.1, 0.15) is 11.5 Å². The van der Waals surface area contributed by atoms with Crippen LogP contribution in [-0.4, -0.2) is 25.0 Å². The van der Waals surface area contributed by atoms with Crippen molar-refractivity contribution in [1.29, 1.82) is 0 Å². The molecule has 2 N–H and O–H groups in total. The van der Waals surface area contributed by atoms with E-state index in [2.05, 4.69) is 9.97 Å². The van der Waals surface area contributed by atoms with Gasteiger partial charge < -0.3 is 14.9 Å². The number of rotatable bonds is 4. The molecule has 3 aromatic heterocycles. The molecule has 9 heteroatoms. The number of aryl methyl sites for hydroxylation is 2. The Kier molecular flexibility index (Phi) is 4.93. The molecule has 34 heavy (non-hydrogen) atoms. The molecule has 172 valence electrons. The van der Waals surface area contributed by atoms with Gasteiger partial charge in [-0.1, -0.05) is 6.07 Å². The third-order valence-electron chi connectivity index (χ3n) is 6.11. The Morgan fingerprint density at radius 3 is 2.41 bits per heavy atom. The van der Waals surface area contributed by atoms with Crippen molar-refractivity contribution in [1.82, 2.24) is 19.1 Å². The molecule has 0 atom stereocenters. The van der Waals surface area contributed by atoms with Crippen molar-refractivity contribution in [3.05, 3.63) is 83.6 Å². The minimum Gasteiger partial charge on any atom is -0.364 e. The Morgan fingerprint density at radius 2 is 1.74 bits per heavy atom. The van der Waals surface area contributed by atoms with Gasteiger partial charge in [-0.3, -0.25) is 9.78 Å². The van der Waals surface area contributed by atoms with Crippen molar-refractivity contribution in [3.63, 3.8) is 0 Å². The molecule has 0 fully saturated rings. The summed E-state index contributed by atoms with van der Waals surface area (Å²) in [5.74, 6) is 0.0628. The molecular formula is C25H20F3N5O. The summed E-state index contributed by atoms with van der Waals surface area (Å²) in [6, 6.07) is 12.4. The third-order valence-corrected chi connectivity index (χ3v) is 6.11. The van der Waals surface area contributed by atoms with Crippen LogP contribution in [0.1, 0.15) is 27.4 Å². The molecule has 5 rings (SSSR count). The van der Waals surface area contributed by atoms with Gasteiger partial charge >= 0.3 is 6.18 Å². The van der Waals surface area contributed by atoms with Crippen molar-refractivity contribution in [3.8, 4) is 11.1 Å². The van der Waals surface area contributed by atoms with Gasteiger partial charge in [0.15, 0.2) is 0 Å². The Labute approximate surface area is 192 Å². The first-order valence-electron chi connectivity index (χ1n) is 10.5. The molecule has 0 aliphatic carbocycles. The average Bonchev–Trinajstić information content (AvgIpc) is 3.27.